The van der Waals surface area contributed by atoms with Gasteiger partial charge in [0.25, 0.3) is 0 Å². The summed E-state index contributed by atoms with van der Waals surface area (Å²) >= 11 is 0. The van der Waals surface area contributed by atoms with Crippen LogP contribution in [0.3, 0.4) is 0 Å². The number of hydrogen-bond donors (Lipinski definition) is 1. The van der Waals surface area contributed by atoms with Crippen LogP contribution in [0.4, 0.5) is 0 Å². The summed E-state index contributed by atoms with van der Waals surface area (Å²) in [5.74, 6) is 0.453. The number of unbranched alkanes of at least 4 members (excludes halogenated alkanes) is 5. The quantitative estimate of drug-likeness (QED) is 0.334. The summed E-state index contributed by atoms with van der Waals surface area (Å²) in [6.45, 7) is 6.85. The van der Waals surface area contributed by atoms with Crippen LogP contribution in [0.1, 0.15) is 103 Å². The maximum Gasteiger partial charge on any atom is 0.0223 e. The van der Waals surface area contributed by atoms with Gasteiger partial charge < -0.3 is 5.73 Å². The summed E-state index contributed by atoms with van der Waals surface area (Å²) in [4.78, 5) is 0. The minimum absolute atomic E-state index is 0. The number of hydrogen-bond acceptors (Lipinski definition) is 1. The van der Waals surface area contributed by atoms with Crippen molar-refractivity contribution in [3.05, 3.63) is 48.0 Å². The lowest BCUT2D eigenvalue weighted by Gasteiger charge is -2.39. The Morgan fingerprint density at radius 2 is 1.36 bits per heavy atom. The molecule has 2 heteroatoms. The van der Waals surface area contributed by atoms with E-state index in [-0.39, 0.29) is 17.9 Å². The maximum atomic E-state index is 7.15. The molecule has 158 valence electrons. The van der Waals surface area contributed by atoms with Crippen molar-refractivity contribution in [2.45, 2.75) is 103 Å². The van der Waals surface area contributed by atoms with Crippen LogP contribution < -0.4 is 5.73 Å². The van der Waals surface area contributed by atoms with E-state index in [2.05, 4.69) is 63.2 Å². The molecule has 0 aliphatic rings. The lowest BCUT2D eigenvalue weighted by molar-refractivity contribution is 0.276. The molecule has 1 unspecified atom stereocenters. The number of rotatable bonds is 13. The normalized spacial score (nSPS) is 12.7. The minimum atomic E-state index is -0.0863. The van der Waals surface area contributed by atoms with E-state index < -0.39 is 0 Å². The van der Waals surface area contributed by atoms with Crippen molar-refractivity contribution in [2.75, 3.05) is 0 Å². The summed E-state index contributed by atoms with van der Waals surface area (Å²) in [7, 11) is 0. The van der Waals surface area contributed by atoms with E-state index in [0.29, 0.717) is 5.92 Å². The van der Waals surface area contributed by atoms with E-state index in [1.807, 2.05) is 0 Å². The molecule has 0 saturated heterocycles. The monoisotopic (exact) mass is 403 g/mol. The highest BCUT2D eigenvalue weighted by molar-refractivity contribution is 5.86. The molecule has 0 bridgehead atoms. The van der Waals surface area contributed by atoms with Crippen molar-refractivity contribution in [1.82, 2.24) is 0 Å². The van der Waals surface area contributed by atoms with Crippen molar-refractivity contribution < 1.29 is 0 Å². The van der Waals surface area contributed by atoms with Crippen molar-refractivity contribution in [3.63, 3.8) is 0 Å². The second-order valence-electron chi connectivity index (χ2n) is 8.41. The van der Waals surface area contributed by atoms with Crippen molar-refractivity contribution in [1.29, 1.82) is 0 Å². The third-order valence-electron chi connectivity index (χ3n) is 6.17. The topological polar surface area (TPSA) is 26.0 Å². The highest BCUT2D eigenvalue weighted by Crippen LogP contribution is 2.40. The Kier molecular flexibility index (Phi) is 11.8. The third kappa shape index (κ3) is 6.78. The smallest absolute Gasteiger partial charge is 0.0223 e. The van der Waals surface area contributed by atoms with Crippen LogP contribution >= 0.6 is 12.4 Å². The van der Waals surface area contributed by atoms with Crippen LogP contribution in [0.5, 0.6) is 0 Å². The number of nitrogens with two attached hydrogens (primary N) is 1. The fraction of sp³-hybridized carbons (Fsp3) is 0.615. The summed E-state index contributed by atoms with van der Waals surface area (Å²) in [5, 5.41) is 2.75. The standard InChI is InChI=1S/C26H41N.ClH/c1-4-7-8-9-10-11-19-25(26(27,20-5-2)21-6-3)24-18-14-16-22-15-12-13-17-23(22)24;/h12-18,25H,4-11,19-21,27H2,1-3H3;1H. The predicted molar refractivity (Wildman–Crippen MR) is 129 cm³/mol. The predicted octanol–water partition coefficient (Wildman–Crippen LogP) is 8.39. The van der Waals surface area contributed by atoms with Crippen LogP contribution in [-0.4, -0.2) is 5.54 Å². The largest absolute Gasteiger partial charge is 0.325 e. The molecule has 2 N–H and O–H groups in total. The first-order valence-corrected chi connectivity index (χ1v) is 11.4. The lowest BCUT2D eigenvalue weighted by Crippen LogP contribution is -2.45. The zero-order valence-corrected chi connectivity index (χ0v) is 19.2. The maximum absolute atomic E-state index is 7.15. The Bertz CT molecular complexity index is 655. The Morgan fingerprint density at radius 3 is 2.04 bits per heavy atom. The molecule has 2 aromatic carbocycles. The molecule has 1 atom stereocenters. The van der Waals surface area contributed by atoms with E-state index in [9.17, 15) is 0 Å². The van der Waals surface area contributed by atoms with Crippen molar-refractivity contribution in [3.8, 4) is 0 Å². The molecule has 0 aliphatic carbocycles. The van der Waals surface area contributed by atoms with Gasteiger partial charge in [-0.2, -0.15) is 0 Å². The second kappa shape index (κ2) is 13.2. The molecular formula is C26H42ClN. The van der Waals surface area contributed by atoms with Gasteiger partial charge in [0.05, 0.1) is 0 Å². The van der Waals surface area contributed by atoms with Crippen LogP contribution in [0.25, 0.3) is 10.8 Å². The van der Waals surface area contributed by atoms with E-state index >= 15 is 0 Å². The van der Waals surface area contributed by atoms with E-state index in [1.54, 1.807) is 0 Å². The van der Waals surface area contributed by atoms with Gasteiger partial charge in [-0.05, 0) is 35.6 Å². The third-order valence-corrected chi connectivity index (χ3v) is 6.17. The van der Waals surface area contributed by atoms with Gasteiger partial charge in [0.2, 0.25) is 0 Å². The van der Waals surface area contributed by atoms with Gasteiger partial charge in [0.1, 0.15) is 0 Å². The van der Waals surface area contributed by atoms with Crippen LogP contribution in [0.2, 0.25) is 0 Å². The van der Waals surface area contributed by atoms with Gasteiger partial charge in [-0.3, -0.25) is 0 Å². The average molecular weight is 404 g/mol. The minimum Gasteiger partial charge on any atom is -0.325 e. The molecule has 2 rings (SSSR count). The molecule has 0 fully saturated rings. The van der Waals surface area contributed by atoms with Crippen molar-refractivity contribution >= 4 is 23.2 Å². The van der Waals surface area contributed by atoms with Crippen molar-refractivity contribution in [2.24, 2.45) is 5.73 Å². The molecule has 1 nitrogen and oxygen atoms in total. The summed E-state index contributed by atoms with van der Waals surface area (Å²) in [6, 6.07) is 15.6. The summed E-state index contributed by atoms with van der Waals surface area (Å²) in [6.07, 6.45) is 13.9. The molecule has 0 spiro atoms. The first-order valence-electron chi connectivity index (χ1n) is 11.4. The molecular weight excluding hydrogens is 362 g/mol. The van der Waals surface area contributed by atoms with E-state index in [0.717, 1.165) is 25.7 Å². The molecule has 28 heavy (non-hydrogen) atoms. The first-order chi connectivity index (χ1) is 13.2. The number of benzene rings is 2. The molecule has 0 aliphatic heterocycles. The second-order valence-corrected chi connectivity index (χ2v) is 8.41. The summed E-state index contributed by atoms with van der Waals surface area (Å²) < 4.78 is 0. The Morgan fingerprint density at radius 1 is 0.750 bits per heavy atom. The highest BCUT2D eigenvalue weighted by atomic mass is 35.5. The molecule has 0 heterocycles. The first kappa shape index (κ1) is 25.0. The molecule has 0 radical (unpaired) electrons. The van der Waals surface area contributed by atoms with Gasteiger partial charge in [-0.25, -0.2) is 0 Å². The average Bonchev–Trinajstić information content (AvgIpc) is 2.67. The van der Waals surface area contributed by atoms with Crippen LogP contribution in [0, 0.1) is 0 Å². The van der Waals surface area contributed by atoms with Gasteiger partial charge in [0, 0.05) is 11.5 Å². The number of fused-ring (bicyclic) bond motifs is 1. The molecule has 0 aromatic heterocycles. The zero-order valence-electron chi connectivity index (χ0n) is 18.4. The van der Waals surface area contributed by atoms with Crippen LogP contribution in [-0.2, 0) is 0 Å². The Balaban J connectivity index is 0.00000392. The van der Waals surface area contributed by atoms with E-state index in [1.165, 1.54) is 61.3 Å². The fourth-order valence-electron chi connectivity index (χ4n) is 4.84. The number of halogens is 1. The zero-order chi connectivity index (χ0) is 19.5. The van der Waals surface area contributed by atoms with Gasteiger partial charge in [-0.15, -0.1) is 12.4 Å². The lowest BCUT2D eigenvalue weighted by atomic mass is 9.71. The Labute approximate surface area is 179 Å². The van der Waals surface area contributed by atoms with E-state index in [4.69, 9.17) is 5.73 Å². The van der Waals surface area contributed by atoms with Gasteiger partial charge in [0.15, 0.2) is 0 Å². The van der Waals surface area contributed by atoms with Gasteiger partial charge in [-0.1, -0.05) is 115 Å². The molecule has 2 aromatic rings. The van der Waals surface area contributed by atoms with Crippen LogP contribution in [0.15, 0.2) is 42.5 Å². The summed E-state index contributed by atoms with van der Waals surface area (Å²) in [5.41, 5.74) is 8.54. The Hall–Kier alpha value is -1.05. The molecule has 0 amide bonds. The SMILES string of the molecule is CCCCCCCCC(c1cccc2ccccc12)C(N)(CCC)CCC.Cl. The highest BCUT2D eigenvalue weighted by Gasteiger charge is 2.34. The van der Waals surface area contributed by atoms with Gasteiger partial charge >= 0.3 is 0 Å². The molecule has 0 saturated carbocycles. The fourth-order valence-corrected chi connectivity index (χ4v) is 4.84.